The Morgan fingerprint density at radius 1 is 1.08 bits per heavy atom. The van der Waals surface area contributed by atoms with Crippen molar-refractivity contribution in [1.29, 1.82) is 5.26 Å². The number of nitriles is 1. The summed E-state index contributed by atoms with van der Waals surface area (Å²) in [7, 11) is 0. The van der Waals surface area contributed by atoms with Gasteiger partial charge in [0, 0.05) is 45.0 Å². The molecule has 4 heterocycles. The van der Waals surface area contributed by atoms with Crippen LogP contribution in [0.15, 0.2) is 42.6 Å². The van der Waals surface area contributed by atoms with Crippen LogP contribution in [0.25, 0.3) is 0 Å². The van der Waals surface area contributed by atoms with E-state index < -0.39 is 0 Å². The van der Waals surface area contributed by atoms with Gasteiger partial charge in [0.1, 0.15) is 29.1 Å². The van der Waals surface area contributed by atoms with Gasteiger partial charge in [0.05, 0.1) is 24.4 Å². The van der Waals surface area contributed by atoms with Crippen LogP contribution >= 0.6 is 0 Å². The van der Waals surface area contributed by atoms with Crippen molar-refractivity contribution >= 4 is 5.91 Å². The maximum atomic E-state index is 13.1. The maximum Gasteiger partial charge on any atom is 0.237 e. The summed E-state index contributed by atoms with van der Waals surface area (Å²) in [5.41, 5.74) is 3.50. The zero-order chi connectivity index (χ0) is 24.6. The molecule has 8 heteroatoms. The number of carbonyl (C=O) groups excluding carboxylic acids is 1. The fraction of sp³-hybridized carbons (Fsp3) is 0.393. The molecule has 1 aliphatic carbocycles. The third-order valence-electron chi connectivity index (χ3n) is 7.15. The number of amides is 1. The minimum atomic E-state index is 0.111. The monoisotopic (exact) mass is 483 g/mol. The summed E-state index contributed by atoms with van der Waals surface area (Å²) in [5, 5.41) is 9.74. The van der Waals surface area contributed by atoms with Crippen molar-refractivity contribution in [3.63, 3.8) is 0 Å². The van der Waals surface area contributed by atoms with Gasteiger partial charge in [-0.05, 0) is 61.1 Å². The molecule has 1 unspecified atom stereocenters. The SMILES string of the molecule is Cc1ncc2n1Cc1ccc(C#N)c(c1)Oc1cc(cc(OCC3CC3)c1)CN1CCN(CC1=O)C2. The number of benzene rings is 2. The fourth-order valence-corrected chi connectivity index (χ4v) is 4.88. The van der Waals surface area contributed by atoms with Crippen LogP contribution in [0.1, 0.15) is 41.1 Å². The van der Waals surface area contributed by atoms with E-state index in [9.17, 15) is 10.1 Å². The van der Waals surface area contributed by atoms with Crippen molar-refractivity contribution < 1.29 is 14.3 Å². The maximum absolute atomic E-state index is 13.1. The average Bonchev–Trinajstić information content (AvgIpc) is 3.64. The number of nitrogens with zero attached hydrogens (tertiary/aromatic N) is 5. The molecule has 1 saturated heterocycles. The van der Waals surface area contributed by atoms with Crippen molar-refractivity contribution in [1.82, 2.24) is 19.4 Å². The molecule has 6 bridgehead atoms. The molecule has 0 N–H and O–H groups in total. The third kappa shape index (κ3) is 4.79. The zero-order valence-corrected chi connectivity index (χ0v) is 20.4. The first kappa shape index (κ1) is 22.6. The summed E-state index contributed by atoms with van der Waals surface area (Å²) in [5.74, 6) is 3.48. The van der Waals surface area contributed by atoms with Gasteiger partial charge in [0.2, 0.25) is 5.91 Å². The first-order valence-corrected chi connectivity index (χ1v) is 12.5. The quantitative estimate of drug-likeness (QED) is 0.563. The van der Waals surface area contributed by atoms with E-state index in [0.29, 0.717) is 62.3 Å². The minimum Gasteiger partial charge on any atom is -0.493 e. The molecule has 2 fully saturated rings. The van der Waals surface area contributed by atoms with Gasteiger partial charge in [-0.25, -0.2) is 4.98 Å². The van der Waals surface area contributed by atoms with E-state index in [1.54, 1.807) is 0 Å². The zero-order valence-electron chi connectivity index (χ0n) is 20.4. The van der Waals surface area contributed by atoms with Crippen LogP contribution in [0.3, 0.4) is 0 Å². The van der Waals surface area contributed by atoms with E-state index in [1.807, 2.05) is 54.4 Å². The number of aromatic nitrogens is 2. The first-order chi connectivity index (χ1) is 17.5. The Morgan fingerprint density at radius 3 is 2.78 bits per heavy atom. The van der Waals surface area contributed by atoms with Gasteiger partial charge in [0.25, 0.3) is 0 Å². The van der Waals surface area contributed by atoms with Crippen LogP contribution < -0.4 is 9.47 Å². The number of hydrogen-bond donors (Lipinski definition) is 0. The molecule has 7 rings (SSSR count). The van der Waals surface area contributed by atoms with Gasteiger partial charge in [-0.2, -0.15) is 5.26 Å². The number of fused-ring (bicyclic) bond motifs is 2. The summed E-state index contributed by atoms with van der Waals surface area (Å²) in [6, 6.07) is 13.8. The summed E-state index contributed by atoms with van der Waals surface area (Å²) < 4.78 is 14.6. The largest absolute Gasteiger partial charge is 0.493 e. The van der Waals surface area contributed by atoms with Gasteiger partial charge < -0.3 is 18.9 Å². The van der Waals surface area contributed by atoms with E-state index in [-0.39, 0.29) is 5.91 Å². The molecular weight excluding hydrogens is 454 g/mol. The van der Waals surface area contributed by atoms with Crippen LogP contribution in [0.5, 0.6) is 17.2 Å². The highest BCUT2D eigenvalue weighted by Gasteiger charge is 2.26. The Kier molecular flexibility index (Phi) is 5.86. The van der Waals surface area contributed by atoms with E-state index in [0.717, 1.165) is 34.9 Å². The summed E-state index contributed by atoms with van der Waals surface area (Å²) in [4.78, 5) is 21.7. The Bertz CT molecular complexity index is 1350. The molecule has 0 radical (unpaired) electrons. The lowest BCUT2D eigenvalue weighted by Crippen LogP contribution is -2.49. The Labute approximate surface area is 210 Å². The molecule has 8 nitrogen and oxygen atoms in total. The van der Waals surface area contributed by atoms with Crippen LogP contribution in [-0.4, -0.2) is 51.5 Å². The Morgan fingerprint density at radius 2 is 1.97 bits per heavy atom. The highest BCUT2D eigenvalue weighted by molar-refractivity contribution is 5.79. The summed E-state index contributed by atoms with van der Waals surface area (Å²) in [6.45, 7) is 6.28. The Balaban J connectivity index is 1.41. The van der Waals surface area contributed by atoms with Gasteiger partial charge in [-0.3, -0.25) is 9.69 Å². The summed E-state index contributed by atoms with van der Waals surface area (Å²) >= 11 is 0. The average molecular weight is 484 g/mol. The van der Waals surface area contributed by atoms with Gasteiger partial charge in [-0.15, -0.1) is 0 Å². The predicted molar refractivity (Wildman–Crippen MR) is 133 cm³/mol. The molecule has 1 amide bonds. The number of hydrogen-bond acceptors (Lipinski definition) is 6. The van der Waals surface area contributed by atoms with E-state index >= 15 is 0 Å². The van der Waals surface area contributed by atoms with Crippen LogP contribution in [-0.2, 0) is 24.4 Å². The number of ether oxygens (including phenoxy) is 2. The molecule has 1 atom stereocenters. The normalized spacial score (nSPS) is 19.4. The molecule has 0 spiro atoms. The van der Waals surface area contributed by atoms with Crippen molar-refractivity contribution in [2.75, 3.05) is 26.2 Å². The predicted octanol–water partition coefficient (Wildman–Crippen LogP) is 3.85. The Hall–Kier alpha value is -3.83. The lowest BCUT2D eigenvalue weighted by Gasteiger charge is -2.34. The van der Waals surface area contributed by atoms with Gasteiger partial charge in [0.15, 0.2) is 0 Å². The molecule has 4 aliphatic rings. The summed E-state index contributed by atoms with van der Waals surface area (Å²) in [6.07, 6.45) is 4.31. The molecule has 36 heavy (non-hydrogen) atoms. The van der Waals surface area contributed by atoms with Gasteiger partial charge in [-0.1, -0.05) is 6.07 Å². The molecular formula is C28H29N5O3. The second-order valence-electron chi connectivity index (χ2n) is 10.0. The standard InChI is InChI=1S/C28H29N5O3/c1-19-30-13-24-16-31-6-7-32(28(34)17-31)14-22-8-25(35-18-20-2-3-20)11-26(9-22)36-27-10-21(15-33(19)24)4-5-23(27)12-29/h4-5,8-11,13,20H,2-3,6-7,14-18H2,1H3. The number of rotatable bonds is 3. The van der Waals surface area contributed by atoms with E-state index in [1.165, 1.54) is 12.8 Å². The van der Waals surface area contributed by atoms with E-state index in [2.05, 4.69) is 20.5 Å². The van der Waals surface area contributed by atoms with Crippen molar-refractivity contribution in [3.8, 4) is 23.3 Å². The number of carbonyl (C=O) groups is 1. The van der Waals surface area contributed by atoms with E-state index in [4.69, 9.17) is 9.47 Å². The minimum absolute atomic E-state index is 0.111. The third-order valence-corrected chi connectivity index (χ3v) is 7.15. The molecule has 1 aromatic heterocycles. The second-order valence-corrected chi connectivity index (χ2v) is 10.0. The van der Waals surface area contributed by atoms with Crippen molar-refractivity contribution in [3.05, 3.63) is 70.8 Å². The molecule has 2 aromatic carbocycles. The van der Waals surface area contributed by atoms with Crippen LogP contribution in [0, 0.1) is 24.2 Å². The number of imidazole rings is 1. The molecule has 184 valence electrons. The van der Waals surface area contributed by atoms with Crippen molar-refractivity contribution in [2.24, 2.45) is 5.92 Å². The smallest absolute Gasteiger partial charge is 0.237 e. The lowest BCUT2D eigenvalue weighted by molar-refractivity contribution is -0.136. The van der Waals surface area contributed by atoms with Gasteiger partial charge >= 0.3 is 0 Å². The highest BCUT2D eigenvalue weighted by atomic mass is 16.5. The first-order valence-electron chi connectivity index (χ1n) is 12.5. The van der Waals surface area contributed by atoms with Crippen LogP contribution in [0.2, 0.25) is 0 Å². The molecule has 1 saturated carbocycles. The number of piperazine rings is 1. The highest BCUT2D eigenvalue weighted by Crippen LogP contribution is 2.34. The topological polar surface area (TPSA) is 83.6 Å². The van der Waals surface area contributed by atoms with Crippen LogP contribution in [0.4, 0.5) is 0 Å². The number of aryl methyl sites for hydroxylation is 1. The molecule has 3 aliphatic heterocycles. The second kappa shape index (κ2) is 9.32. The van der Waals surface area contributed by atoms with Crippen molar-refractivity contribution in [2.45, 2.75) is 39.4 Å². The molecule has 3 aromatic rings. The lowest BCUT2D eigenvalue weighted by atomic mass is 10.1. The fourth-order valence-electron chi connectivity index (χ4n) is 4.88.